The monoisotopic (exact) mass is 402 g/mol. The van der Waals surface area contributed by atoms with E-state index in [2.05, 4.69) is 5.32 Å². The highest BCUT2D eigenvalue weighted by atomic mass is 32.2. The van der Waals surface area contributed by atoms with E-state index in [1.807, 2.05) is 25.1 Å². The van der Waals surface area contributed by atoms with Crippen molar-refractivity contribution in [3.05, 3.63) is 59.7 Å². The van der Waals surface area contributed by atoms with Crippen molar-refractivity contribution in [3.8, 4) is 5.75 Å². The van der Waals surface area contributed by atoms with Gasteiger partial charge in [0.25, 0.3) is 5.91 Å². The number of aryl methyl sites for hydroxylation is 1. The van der Waals surface area contributed by atoms with Crippen LogP contribution in [0, 0.1) is 6.92 Å². The normalized spacial score (nSPS) is 15.2. The van der Waals surface area contributed by atoms with Crippen molar-refractivity contribution in [1.29, 1.82) is 0 Å². The summed E-state index contributed by atoms with van der Waals surface area (Å²) in [5.74, 6) is 0.329. The van der Waals surface area contributed by atoms with E-state index in [-0.39, 0.29) is 24.0 Å². The van der Waals surface area contributed by atoms with E-state index in [0.717, 1.165) is 24.8 Å². The van der Waals surface area contributed by atoms with Gasteiger partial charge in [0.05, 0.1) is 4.90 Å². The van der Waals surface area contributed by atoms with Crippen molar-refractivity contribution >= 4 is 15.9 Å². The van der Waals surface area contributed by atoms with Crippen LogP contribution in [0.1, 0.15) is 30.4 Å². The quantitative estimate of drug-likeness (QED) is 0.773. The lowest BCUT2D eigenvalue weighted by Crippen LogP contribution is -2.36. The molecular formula is C21H26N2O4S. The van der Waals surface area contributed by atoms with Crippen molar-refractivity contribution in [2.24, 2.45) is 0 Å². The summed E-state index contributed by atoms with van der Waals surface area (Å²) in [7, 11) is -3.55. The SMILES string of the molecule is Cc1cccc(OCC(=O)NCc2ccccc2S(=O)(=O)N2CCCCC2)c1. The third-order valence-electron chi connectivity index (χ3n) is 4.74. The standard InChI is InChI=1S/C21H26N2O4S/c1-17-8-7-10-19(14-17)27-16-21(24)22-15-18-9-3-4-11-20(18)28(25,26)23-12-5-2-6-13-23/h3-4,7-11,14H,2,5-6,12-13,15-16H2,1H3,(H,22,24). The predicted molar refractivity (Wildman–Crippen MR) is 108 cm³/mol. The minimum absolute atomic E-state index is 0.121. The Kier molecular flexibility index (Phi) is 6.70. The Morgan fingerprint density at radius 2 is 1.82 bits per heavy atom. The van der Waals surface area contributed by atoms with Crippen LogP contribution in [0.4, 0.5) is 0 Å². The summed E-state index contributed by atoms with van der Waals surface area (Å²) in [5, 5.41) is 2.75. The van der Waals surface area contributed by atoms with Crippen LogP contribution in [-0.2, 0) is 21.4 Å². The van der Waals surface area contributed by atoms with Gasteiger partial charge in [-0.1, -0.05) is 36.8 Å². The molecule has 6 nitrogen and oxygen atoms in total. The van der Waals surface area contributed by atoms with Gasteiger partial charge in [-0.3, -0.25) is 4.79 Å². The molecule has 0 atom stereocenters. The summed E-state index contributed by atoms with van der Waals surface area (Å²) in [6, 6.07) is 14.3. The fraction of sp³-hybridized carbons (Fsp3) is 0.381. The van der Waals surface area contributed by atoms with Crippen LogP contribution >= 0.6 is 0 Å². The molecule has 1 heterocycles. The lowest BCUT2D eigenvalue weighted by Gasteiger charge is -2.26. The highest BCUT2D eigenvalue weighted by Crippen LogP contribution is 2.23. The number of rotatable bonds is 7. The van der Waals surface area contributed by atoms with Gasteiger partial charge < -0.3 is 10.1 Å². The molecule has 1 aliphatic rings. The Morgan fingerprint density at radius 3 is 2.57 bits per heavy atom. The molecule has 1 aliphatic heterocycles. The molecule has 150 valence electrons. The molecule has 1 N–H and O–H groups in total. The van der Waals surface area contributed by atoms with Crippen LogP contribution in [0.2, 0.25) is 0 Å². The first-order valence-electron chi connectivity index (χ1n) is 9.51. The Hall–Kier alpha value is -2.38. The van der Waals surface area contributed by atoms with E-state index in [4.69, 9.17) is 4.74 Å². The van der Waals surface area contributed by atoms with E-state index in [0.29, 0.717) is 24.4 Å². The summed E-state index contributed by atoms with van der Waals surface area (Å²) in [6.07, 6.45) is 2.83. The van der Waals surface area contributed by atoms with E-state index in [1.54, 1.807) is 30.3 Å². The van der Waals surface area contributed by atoms with Gasteiger partial charge >= 0.3 is 0 Å². The Bertz CT molecular complexity index is 922. The molecule has 1 saturated heterocycles. The second-order valence-corrected chi connectivity index (χ2v) is 8.86. The Morgan fingerprint density at radius 1 is 1.07 bits per heavy atom. The number of benzene rings is 2. The fourth-order valence-corrected chi connectivity index (χ4v) is 4.98. The second-order valence-electron chi connectivity index (χ2n) is 6.95. The number of nitrogens with zero attached hydrogens (tertiary/aromatic N) is 1. The van der Waals surface area contributed by atoms with E-state index in [1.165, 1.54) is 4.31 Å². The molecule has 0 aliphatic carbocycles. The van der Waals surface area contributed by atoms with Crippen molar-refractivity contribution in [2.45, 2.75) is 37.6 Å². The van der Waals surface area contributed by atoms with Gasteiger partial charge in [-0.05, 0) is 49.1 Å². The number of sulfonamides is 1. The van der Waals surface area contributed by atoms with Gasteiger partial charge in [-0.2, -0.15) is 4.31 Å². The summed E-state index contributed by atoms with van der Waals surface area (Å²) in [4.78, 5) is 12.4. The predicted octanol–water partition coefficient (Wildman–Crippen LogP) is 2.86. The maximum absolute atomic E-state index is 13.0. The minimum atomic E-state index is -3.55. The van der Waals surface area contributed by atoms with Crippen LogP contribution in [0.5, 0.6) is 5.75 Å². The zero-order chi connectivity index (χ0) is 20.0. The Balaban J connectivity index is 1.62. The number of nitrogens with one attached hydrogen (secondary N) is 1. The molecule has 3 rings (SSSR count). The summed E-state index contributed by atoms with van der Waals surface area (Å²) >= 11 is 0. The largest absolute Gasteiger partial charge is 0.484 e. The van der Waals surface area contributed by atoms with Crippen molar-refractivity contribution in [1.82, 2.24) is 9.62 Å². The lowest BCUT2D eigenvalue weighted by molar-refractivity contribution is -0.123. The van der Waals surface area contributed by atoms with Crippen molar-refractivity contribution in [2.75, 3.05) is 19.7 Å². The van der Waals surface area contributed by atoms with Crippen LogP contribution in [0.15, 0.2) is 53.4 Å². The van der Waals surface area contributed by atoms with Crippen LogP contribution < -0.4 is 10.1 Å². The molecule has 2 aromatic carbocycles. The van der Waals surface area contributed by atoms with Crippen molar-refractivity contribution < 1.29 is 17.9 Å². The van der Waals surface area contributed by atoms with Gasteiger partial charge in [-0.25, -0.2) is 8.42 Å². The molecule has 7 heteroatoms. The van der Waals surface area contributed by atoms with Gasteiger partial charge in [0.1, 0.15) is 5.75 Å². The number of carbonyl (C=O) groups is 1. The molecule has 1 amide bonds. The first-order valence-corrected chi connectivity index (χ1v) is 10.9. The molecule has 1 fully saturated rings. The zero-order valence-corrected chi connectivity index (χ0v) is 16.9. The molecule has 0 bridgehead atoms. The average Bonchev–Trinajstić information content (AvgIpc) is 2.71. The molecule has 28 heavy (non-hydrogen) atoms. The third kappa shape index (κ3) is 5.11. The number of hydrogen-bond acceptors (Lipinski definition) is 4. The third-order valence-corrected chi connectivity index (χ3v) is 6.74. The zero-order valence-electron chi connectivity index (χ0n) is 16.1. The van der Waals surface area contributed by atoms with Gasteiger partial charge in [0.15, 0.2) is 6.61 Å². The van der Waals surface area contributed by atoms with Crippen LogP contribution in [0.25, 0.3) is 0 Å². The van der Waals surface area contributed by atoms with Crippen molar-refractivity contribution in [3.63, 3.8) is 0 Å². The molecule has 0 spiro atoms. The number of amides is 1. The maximum Gasteiger partial charge on any atom is 0.258 e. The molecule has 0 aromatic heterocycles. The van der Waals surface area contributed by atoms with Gasteiger partial charge in [0, 0.05) is 19.6 Å². The maximum atomic E-state index is 13.0. The van der Waals surface area contributed by atoms with E-state index >= 15 is 0 Å². The highest BCUT2D eigenvalue weighted by Gasteiger charge is 2.27. The number of hydrogen-bond donors (Lipinski definition) is 1. The fourth-order valence-electron chi connectivity index (χ4n) is 3.24. The minimum Gasteiger partial charge on any atom is -0.484 e. The first kappa shape index (κ1) is 20.4. The number of carbonyl (C=O) groups excluding carboxylic acids is 1. The number of piperidine rings is 1. The molecule has 0 radical (unpaired) electrons. The van der Waals surface area contributed by atoms with E-state index in [9.17, 15) is 13.2 Å². The van der Waals surface area contributed by atoms with Crippen LogP contribution in [-0.4, -0.2) is 38.3 Å². The molecule has 0 unspecified atom stereocenters. The topological polar surface area (TPSA) is 75.7 Å². The van der Waals surface area contributed by atoms with Crippen LogP contribution in [0.3, 0.4) is 0 Å². The molecule has 0 saturated carbocycles. The van der Waals surface area contributed by atoms with Gasteiger partial charge in [0.2, 0.25) is 10.0 Å². The first-order chi connectivity index (χ1) is 13.5. The second kappa shape index (κ2) is 9.21. The lowest BCUT2D eigenvalue weighted by atomic mass is 10.2. The summed E-state index contributed by atoms with van der Waals surface area (Å²) in [5.41, 5.74) is 1.63. The number of ether oxygens (including phenoxy) is 1. The van der Waals surface area contributed by atoms with E-state index < -0.39 is 10.0 Å². The Labute approximate surface area is 166 Å². The summed E-state index contributed by atoms with van der Waals surface area (Å²) < 4.78 is 33.0. The highest BCUT2D eigenvalue weighted by molar-refractivity contribution is 7.89. The summed E-state index contributed by atoms with van der Waals surface area (Å²) in [6.45, 7) is 3.07. The average molecular weight is 403 g/mol. The van der Waals surface area contributed by atoms with Gasteiger partial charge in [-0.15, -0.1) is 0 Å². The smallest absolute Gasteiger partial charge is 0.258 e. The molecular weight excluding hydrogens is 376 g/mol. The molecule has 2 aromatic rings.